The highest BCUT2D eigenvalue weighted by molar-refractivity contribution is 5.60. The molecule has 1 aliphatic rings. The van der Waals surface area contributed by atoms with Gasteiger partial charge in [0.05, 0.1) is 5.69 Å². The number of hydrazine groups is 1. The van der Waals surface area contributed by atoms with Crippen LogP contribution in [0.25, 0.3) is 0 Å². The molecule has 2 rings (SSSR count). The predicted molar refractivity (Wildman–Crippen MR) is 62.4 cm³/mol. The third kappa shape index (κ3) is 2.59. The molecule has 1 aliphatic heterocycles. The van der Waals surface area contributed by atoms with Crippen molar-refractivity contribution >= 4 is 11.5 Å². The number of pyridine rings is 1. The third-order valence-electron chi connectivity index (χ3n) is 2.69. The Morgan fingerprint density at radius 2 is 2.00 bits per heavy atom. The maximum absolute atomic E-state index is 5.85. The fraction of sp³-hybridized carbons (Fsp3) is 0.545. The number of nitrogens with one attached hydrogen (secondary N) is 1. The standard InChI is InChI=1S/C11H18N4/c1-9-5-6-10(12)11(13-9)14-15-7-3-2-4-8-15/h5-6H,2-4,7-8,12H2,1H3,(H,13,14). The molecule has 0 atom stereocenters. The molecule has 0 amide bonds. The summed E-state index contributed by atoms with van der Waals surface area (Å²) in [7, 11) is 0. The summed E-state index contributed by atoms with van der Waals surface area (Å²) < 4.78 is 0. The monoisotopic (exact) mass is 206 g/mol. The van der Waals surface area contributed by atoms with E-state index in [4.69, 9.17) is 5.73 Å². The molecule has 0 spiro atoms. The minimum atomic E-state index is 0.714. The number of piperidine rings is 1. The van der Waals surface area contributed by atoms with Crippen LogP contribution in [0.2, 0.25) is 0 Å². The first kappa shape index (κ1) is 10.2. The highest BCUT2D eigenvalue weighted by Gasteiger charge is 2.11. The molecule has 0 bridgehead atoms. The topological polar surface area (TPSA) is 54.2 Å². The Morgan fingerprint density at radius 3 is 2.73 bits per heavy atom. The van der Waals surface area contributed by atoms with Crippen molar-refractivity contribution in [2.45, 2.75) is 26.2 Å². The van der Waals surface area contributed by atoms with E-state index in [1.54, 1.807) is 0 Å². The van der Waals surface area contributed by atoms with E-state index in [0.717, 1.165) is 24.6 Å². The van der Waals surface area contributed by atoms with E-state index in [9.17, 15) is 0 Å². The van der Waals surface area contributed by atoms with Crippen molar-refractivity contribution in [3.63, 3.8) is 0 Å². The fourth-order valence-electron chi connectivity index (χ4n) is 1.81. The van der Waals surface area contributed by atoms with Crippen LogP contribution < -0.4 is 11.2 Å². The Hall–Kier alpha value is -1.29. The molecule has 0 radical (unpaired) electrons. The van der Waals surface area contributed by atoms with Crippen LogP contribution in [0.5, 0.6) is 0 Å². The summed E-state index contributed by atoms with van der Waals surface area (Å²) in [5.74, 6) is 0.789. The van der Waals surface area contributed by atoms with Crippen molar-refractivity contribution < 1.29 is 0 Å². The molecule has 15 heavy (non-hydrogen) atoms. The Labute approximate surface area is 90.5 Å². The molecular weight excluding hydrogens is 188 g/mol. The van der Waals surface area contributed by atoms with Gasteiger partial charge in [-0.05, 0) is 31.9 Å². The second-order valence-corrected chi connectivity index (χ2v) is 4.05. The van der Waals surface area contributed by atoms with E-state index in [1.807, 2.05) is 19.1 Å². The van der Waals surface area contributed by atoms with Gasteiger partial charge in [0.15, 0.2) is 5.82 Å². The summed E-state index contributed by atoms with van der Waals surface area (Å²) in [4.78, 5) is 4.39. The molecule has 0 aromatic carbocycles. The maximum atomic E-state index is 5.85. The summed E-state index contributed by atoms with van der Waals surface area (Å²) in [6, 6.07) is 3.82. The quantitative estimate of drug-likeness (QED) is 0.774. The number of anilines is 2. The Kier molecular flexibility index (Phi) is 3.06. The van der Waals surface area contributed by atoms with Gasteiger partial charge in [-0.3, -0.25) is 0 Å². The van der Waals surface area contributed by atoms with Crippen LogP contribution in [0.1, 0.15) is 25.0 Å². The summed E-state index contributed by atoms with van der Waals surface area (Å²) in [5, 5.41) is 2.20. The van der Waals surface area contributed by atoms with Gasteiger partial charge in [-0.2, -0.15) is 0 Å². The molecule has 4 nitrogen and oxygen atoms in total. The van der Waals surface area contributed by atoms with Crippen LogP contribution in [0.15, 0.2) is 12.1 Å². The van der Waals surface area contributed by atoms with E-state index in [0.29, 0.717) is 5.69 Å². The minimum Gasteiger partial charge on any atom is -0.396 e. The molecule has 2 heterocycles. The zero-order valence-corrected chi connectivity index (χ0v) is 9.16. The molecule has 82 valence electrons. The molecule has 0 unspecified atom stereocenters. The van der Waals surface area contributed by atoms with Gasteiger partial charge < -0.3 is 11.2 Å². The van der Waals surface area contributed by atoms with E-state index < -0.39 is 0 Å². The third-order valence-corrected chi connectivity index (χ3v) is 2.69. The molecule has 1 saturated heterocycles. The first-order valence-electron chi connectivity index (χ1n) is 5.50. The number of aryl methyl sites for hydroxylation is 1. The lowest BCUT2D eigenvalue weighted by Crippen LogP contribution is -2.35. The smallest absolute Gasteiger partial charge is 0.163 e. The number of nitrogens with zero attached hydrogens (tertiary/aromatic N) is 2. The van der Waals surface area contributed by atoms with E-state index in [1.165, 1.54) is 19.3 Å². The number of hydrogen-bond acceptors (Lipinski definition) is 4. The Morgan fingerprint density at radius 1 is 1.27 bits per heavy atom. The van der Waals surface area contributed by atoms with Gasteiger partial charge in [0.25, 0.3) is 0 Å². The first-order chi connectivity index (χ1) is 7.25. The van der Waals surface area contributed by atoms with Crippen molar-refractivity contribution in [2.75, 3.05) is 24.2 Å². The summed E-state index contributed by atoms with van der Waals surface area (Å²) in [5.41, 5.74) is 10.8. The number of rotatable bonds is 2. The van der Waals surface area contributed by atoms with Gasteiger partial charge in [-0.25, -0.2) is 9.99 Å². The van der Waals surface area contributed by atoms with Crippen molar-refractivity contribution in [3.8, 4) is 0 Å². The second kappa shape index (κ2) is 4.49. The van der Waals surface area contributed by atoms with E-state index >= 15 is 0 Å². The van der Waals surface area contributed by atoms with Crippen LogP contribution in [-0.2, 0) is 0 Å². The van der Waals surface area contributed by atoms with Gasteiger partial charge in [-0.1, -0.05) is 6.42 Å². The summed E-state index contributed by atoms with van der Waals surface area (Å²) >= 11 is 0. The lowest BCUT2D eigenvalue weighted by molar-refractivity contribution is 0.272. The first-order valence-corrected chi connectivity index (χ1v) is 5.50. The highest BCUT2D eigenvalue weighted by atomic mass is 15.5. The molecule has 0 aliphatic carbocycles. The van der Waals surface area contributed by atoms with Crippen molar-refractivity contribution in [1.29, 1.82) is 0 Å². The number of nitrogens with two attached hydrogens (primary N) is 1. The zero-order valence-electron chi connectivity index (χ0n) is 9.16. The maximum Gasteiger partial charge on any atom is 0.163 e. The average Bonchev–Trinajstić information content (AvgIpc) is 2.25. The molecule has 4 heteroatoms. The summed E-state index contributed by atoms with van der Waals surface area (Å²) in [6.45, 7) is 4.13. The molecule has 1 aromatic rings. The van der Waals surface area contributed by atoms with Gasteiger partial charge in [0.2, 0.25) is 0 Å². The SMILES string of the molecule is Cc1ccc(N)c(NN2CCCCC2)n1. The molecule has 0 saturated carbocycles. The summed E-state index contributed by atoms with van der Waals surface area (Å²) in [6.07, 6.45) is 3.83. The Balaban J connectivity index is 2.05. The Bertz CT molecular complexity index is 331. The van der Waals surface area contributed by atoms with Crippen LogP contribution in [0, 0.1) is 6.92 Å². The van der Waals surface area contributed by atoms with Crippen LogP contribution >= 0.6 is 0 Å². The van der Waals surface area contributed by atoms with Crippen LogP contribution in [0.3, 0.4) is 0 Å². The fourth-order valence-corrected chi connectivity index (χ4v) is 1.81. The van der Waals surface area contributed by atoms with Gasteiger partial charge in [0.1, 0.15) is 0 Å². The number of hydrogen-bond donors (Lipinski definition) is 2. The molecule has 1 fully saturated rings. The molecule has 1 aromatic heterocycles. The number of aromatic nitrogens is 1. The lowest BCUT2D eigenvalue weighted by atomic mass is 10.2. The molecule has 3 N–H and O–H groups in total. The van der Waals surface area contributed by atoms with Gasteiger partial charge in [0, 0.05) is 18.8 Å². The predicted octanol–water partition coefficient (Wildman–Crippen LogP) is 1.79. The van der Waals surface area contributed by atoms with Crippen molar-refractivity contribution in [2.24, 2.45) is 0 Å². The highest BCUT2D eigenvalue weighted by Crippen LogP contribution is 2.17. The van der Waals surface area contributed by atoms with E-state index in [-0.39, 0.29) is 0 Å². The lowest BCUT2D eigenvalue weighted by Gasteiger charge is -2.27. The molecular formula is C11H18N4. The largest absolute Gasteiger partial charge is 0.396 e. The van der Waals surface area contributed by atoms with E-state index in [2.05, 4.69) is 15.4 Å². The van der Waals surface area contributed by atoms with Crippen LogP contribution in [0.4, 0.5) is 11.5 Å². The number of nitrogen functional groups attached to an aromatic ring is 1. The minimum absolute atomic E-state index is 0.714. The second-order valence-electron chi connectivity index (χ2n) is 4.05. The zero-order chi connectivity index (χ0) is 10.7. The van der Waals surface area contributed by atoms with Gasteiger partial charge in [-0.15, -0.1) is 0 Å². The van der Waals surface area contributed by atoms with Crippen molar-refractivity contribution in [3.05, 3.63) is 17.8 Å². The average molecular weight is 206 g/mol. The van der Waals surface area contributed by atoms with Crippen molar-refractivity contribution in [1.82, 2.24) is 9.99 Å². The van der Waals surface area contributed by atoms with Crippen LogP contribution in [-0.4, -0.2) is 23.1 Å². The van der Waals surface area contributed by atoms with Gasteiger partial charge >= 0.3 is 0 Å². The normalized spacial score (nSPS) is 17.7.